The van der Waals surface area contributed by atoms with Crippen molar-refractivity contribution in [2.75, 3.05) is 5.33 Å². The maximum atomic E-state index is 11.0. The number of halogens is 1. The molecule has 1 rings (SSSR count). The highest BCUT2D eigenvalue weighted by molar-refractivity contribution is 9.09. The molecular formula is C10H9BrO3. The van der Waals surface area contributed by atoms with E-state index >= 15 is 0 Å². The van der Waals surface area contributed by atoms with E-state index in [9.17, 15) is 9.59 Å². The molecular weight excluding hydrogens is 248 g/mol. The maximum Gasteiger partial charge on any atom is 0.321 e. The van der Waals surface area contributed by atoms with Crippen LogP contribution in [-0.4, -0.2) is 17.1 Å². The molecule has 14 heavy (non-hydrogen) atoms. The zero-order valence-corrected chi connectivity index (χ0v) is 9.21. The number of rotatable bonds is 3. The molecule has 74 valence electrons. The fourth-order valence-corrected chi connectivity index (χ4v) is 1.05. The highest BCUT2D eigenvalue weighted by Crippen LogP contribution is 2.14. The predicted octanol–water partition coefficient (Wildman–Crippen LogP) is 2.19. The Morgan fingerprint density at radius 1 is 1.43 bits per heavy atom. The van der Waals surface area contributed by atoms with Gasteiger partial charge in [0.25, 0.3) is 0 Å². The van der Waals surface area contributed by atoms with E-state index in [1.54, 1.807) is 24.3 Å². The molecule has 0 aliphatic rings. The third-order valence-corrected chi connectivity index (χ3v) is 2.04. The van der Waals surface area contributed by atoms with Crippen molar-refractivity contribution in [3.05, 3.63) is 29.8 Å². The van der Waals surface area contributed by atoms with E-state index in [1.165, 1.54) is 6.92 Å². The van der Waals surface area contributed by atoms with Crippen LogP contribution in [0.5, 0.6) is 5.75 Å². The smallest absolute Gasteiger partial charge is 0.321 e. The van der Waals surface area contributed by atoms with Crippen molar-refractivity contribution in [1.29, 1.82) is 0 Å². The molecule has 1 aromatic carbocycles. The number of esters is 1. The molecule has 0 amide bonds. The van der Waals surface area contributed by atoms with Crippen LogP contribution in [0.15, 0.2) is 24.3 Å². The first-order valence-electron chi connectivity index (χ1n) is 4.01. The molecule has 0 saturated heterocycles. The normalized spacial score (nSPS) is 9.57. The molecule has 1 aromatic rings. The first-order valence-corrected chi connectivity index (χ1v) is 5.13. The standard InChI is InChI=1S/C10H9BrO3/c1-7(12)8-3-2-4-9(5-8)14-10(13)6-11/h2-5H,6H2,1H3. The number of alkyl halides is 1. The summed E-state index contributed by atoms with van der Waals surface area (Å²) in [6.45, 7) is 1.46. The van der Waals surface area contributed by atoms with Crippen molar-refractivity contribution in [3.63, 3.8) is 0 Å². The summed E-state index contributed by atoms with van der Waals surface area (Å²) >= 11 is 2.98. The topological polar surface area (TPSA) is 43.4 Å². The molecule has 0 unspecified atom stereocenters. The molecule has 0 aromatic heterocycles. The van der Waals surface area contributed by atoms with E-state index < -0.39 is 0 Å². The summed E-state index contributed by atoms with van der Waals surface area (Å²) in [7, 11) is 0. The number of benzene rings is 1. The van der Waals surface area contributed by atoms with Crippen LogP contribution in [0.4, 0.5) is 0 Å². The highest BCUT2D eigenvalue weighted by Gasteiger charge is 2.04. The molecule has 0 N–H and O–H groups in total. The molecule has 0 aliphatic heterocycles. The lowest BCUT2D eigenvalue weighted by Gasteiger charge is -2.02. The van der Waals surface area contributed by atoms with Gasteiger partial charge in [0, 0.05) is 5.56 Å². The summed E-state index contributed by atoms with van der Waals surface area (Å²) in [5, 5.41) is 0.136. The van der Waals surface area contributed by atoms with Crippen molar-refractivity contribution in [2.24, 2.45) is 0 Å². The van der Waals surface area contributed by atoms with Crippen LogP contribution in [0.3, 0.4) is 0 Å². The Morgan fingerprint density at radius 2 is 2.14 bits per heavy atom. The molecule has 3 nitrogen and oxygen atoms in total. The lowest BCUT2D eigenvalue weighted by atomic mass is 10.1. The number of ether oxygens (including phenoxy) is 1. The van der Waals surface area contributed by atoms with Crippen LogP contribution in [0.25, 0.3) is 0 Å². The van der Waals surface area contributed by atoms with Gasteiger partial charge in [-0.25, -0.2) is 0 Å². The van der Waals surface area contributed by atoms with Gasteiger partial charge in [0.1, 0.15) is 11.1 Å². The Labute approximate surface area is 90.2 Å². The lowest BCUT2D eigenvalue weighted by molar-refractivity contribution is -0.131. The van der Waals surface area contributed by atoms with Gasteiger partial charge in [-0.2, -0.15) is 0 Å². The van der Waals surface area contributed by atoms with Gasteiger partial charge in [-0.05, 0) is 19.1 Å². The number of carbonyl (C=O) groups excluding carboxylic acids is 2. The van der Waals surface area contributed by atoms with Crippen molar-refractivity contribution < 1.29 is 14.3 Å². The van der Waals surface area contributed by atoms with Gasteiger partial charge in [0.05, 0.1) is 0 Å². The van der Waals surface area contributed by atoms with Gasteiger partial charge >= 0.3 is 5.97 Å². The molecule has 0 spiro atoms. The number of Topliss-reactive ketones (excluding diaryl/α,β-unsaturated/α-hetero) is 1. The molecule has 0 saturated carbocycles. The summed E-state index contributed by atoms with van der Waals surface area (Å²) in [4.78, 5) is 21.9. The van der Waals surface area contributed by atoms with Crippen LogP contribution < -0.4 is 4.74 Å². The van der Waals surface area contributed by atoms with Crippen molar-refractivity contribution in [3.8, 4) is 5.75 Å². The SMILES string of the molecule is CC(=O)c1cccc(OC(=O)CBr)c1. The molecule has 0 aliphatic carbocycles. The van der Waals surface area contributed by atoms with Gasteiger partial charge in [-0.1, -0.05) is 28.1 Å². The molecule has 0 atom stereocenters. The second-order valence-corrected chi connectivity index (χ2v) is 3.25. The average Bonchev–Trinajstić information content (AvgIpc) is 2.18. The minimum atomic E-state index is -0.384. The number of ketones is 1. The highest BCUT2D eigenvalue weighted by atomic mass is 79.9. The van der Waals surface area contributed by atoms with E-state index in [4.69, 9.17) is 4.74 Å². The average molecular weight is 257 g/mol. The Hall–Kier alpha value is -1.16. The van der Waals surface area contributed by atoms with Crippen LogP contribution >= 0.6 is 15.9 Å². The van der Waals surface area contributed by atoms with E-state index in [0.29, 0.717) is 11.3 Å². The number of hydrogen-bond donors (Lipinski definition) is 0. The second kappa shape index (κ2) is 4.91. The minimum absolute atomic E-state index is 0.0539. The van der Waals surface area contributed by atoms with Crippen molar-refractivity contribution in [2.45, 2.75) is 6.92 Å². The minimum Gasteiger partial charge on any atom is -0.426 e. The Bertz CT molecular complexity index is 360. The van der Waals surface area contributed by atoms with E-state index in [0.717, 1.165) is 0 Å². The van der Waals surface area contributed by atoms with Crippen LogP contribution in [0, 0.1) is 0 Å². The zero-order chi connectivity index (χ0) is 10.6. The second-order valence-electron chi connectivity index (χ2n) is 2.69. The quantitative estimate of drug-likeness (QED) is 0.361. The Kier molecular flexibility index (Phi) is 3.83. The molecule has 0 fully saturated rings. The van der Waals surface area contributed by atoms with Gasteiger partial charge in [0.2, 0.25) is 0 Å². The first kappa shape index (κ1) is 10.9. The van der Waals surface area contributed by atoms with E-state index in [2.05, 4.69) is 15.9 Å². The fourth-order valence-electron chi connectivity index (χ4n) is 0.937. The van der Waals surface area contributed by atoms with Gasteiger partial charge < -0.3 is 4.74 Å². The van der Waals surface area contributed by atoms with Crippen molar-refractivity contribution in [1.82, 2.24) is 0 Å². The Morgan fingerprint density at radius 3 is 2.71 bits per heavy atom. The fraction of sp³-hybridized carbons (Fsp3) is 0.200. The van der Waals surface area contributed by atoms with E-state index in [1.807, 2.05) is 0 Å². The molecule has 0 heterocycles. The van der Waals surface area contributed by atoms with Crippen LogP contribution in [0.1, 0.15) is 17.3 Å². The lowest BCUT2D eigenvalue weighted by Crippen LogP contribution is -2.08. The summed E-state index contributed by atoms with van der Waals surface area (Å²) in [5.41, 5.74) is 0.532. The largest absolute Gasteiger partial charge is 0.426 e. The predicted molar refractivity (Wildman–Crippen MR) is 55.9 cm³/mol. The third kappa shape index (κ3) is 2.96. The van der Waals surface area contributed by atoms with Gasteiger partial charge in [0.15, 0.2) is 5.78 Å². The number of carbonyl (C=O) groups is 2. The third-order valence-electron chi connectivity index (χ3n) is 1.58. The zero-order valence-electron chi connectivity index (χ0n) is 7.62. The van der Waals surface area contributed by atoms with Crippen LogP contribution in [-0.2, 0) is 4.79 Å². The van der Waals surface area contributed by atoms with Gasteiger partial charge in [-0.15, -0.1) is 0 Å². The Balaban J connectivity index is 2.83. The first-order chi connectivity index (χ1) is 6.63. The summed E-state index contributed by atoms with van der Waals surface area (Å²) in [6.07, 6.45) is 0. The van der Waals surface area contributed by atoms with Crippen LogP contribution in [0.2, 0.25) is 0 Å². The summed E-state index contributed by atoms with van der Waals surface area (Å²) in [5.74, 6) is -0.0467. The van der Waals surface area contributed by atoms with E-state index in [-0.39, 0.29) is 17.1 Å². The molecule has 0 radical (unpaired) electrons. The molecule has 4 heteroatoms. The van der Waals surface area contributed by atoms with Gasteiger partial charge in [-0.3, -0.25) is 9.59 Å². The maximum absolute atomic E-state index is 11.0. The monoisotopic (exact) mass is 256 g/mol. The summed E-state index contributed by atoms with van der Waals surface area (Å²) < 4.78 is 4.92. The molecule has 0 bridgehead atoms. The number of hydrogen-bond acceptors (Lipinski definition) is 3. The summed E-state index contributed by atoms with van der Waals surface area (Å²) in [6, 6.07) is 6.53. The van der Waals surface area contributed by atoms with Crippen molar-refractivity contribution >= 4 is 27.7 Å².